The van der Waals surface area contributed by atoms with Gasteiger partial charge in [0.05, 0.1) is 0 Å². The Labute approximate surface area is 121 Å². The number of pyridine rings is 1. The minimum atomic E-state index is -3.49. The van der Waals surface area contributed by atoms with E-state index >= 15 is 0 Å². The van der Waals surface area contributed by atoms with Gasteiger partial charge in [-0.2, -0.15) is 4.31 Å². The molecular formula is C11H14BrClN2O2S. The standard InChI is InChI=1S/C11H14BrClN2O2S/c12-9-5-11(8-14-7-9)18(16,17)15-4-2-1-3-10(15)6-13/h5,7-8,10H,1-4,6H2. The van der Waals surface area contributed by atoms with Gasteiger partial charge in [-0.3, -0.25) is 4.98 Å². The van der Waals surface area contributed by atoms with Gasteiger partial charge in [0.15, 0.2) is 0 Å². The molecule has 0 spiro atoms. The third kappa shape index (κ3) is 2.87. The van der Waals surface area contributed by atoms with Crippen LogP contribution in [0.1, 0.15) is 19.3 Å². The summed E-state index contributed by atoms with van der Waals surface area (Å²) in [5.41, 5.74) is 0. The van der Waals surface area contributed by atoms with Gasteiger partial charge in [-0.05, 0) is 34.8 Å². The molecule has 1 aromatic rings. The van der Waals surface area contributed by atoms with Crippen LogP contribution in [0.3, 0.4) is 0 Å². The van der Waals surface area contributed by atoms with Gasteiger partial charge in [-0.25, -0.2) is 8.42 Å². The van der Waals surface area contributed by atoms with E-state index in [0.29, 0.717) is 16.9 Å². The number of alkyl halides is 1. The van der Waals surface area contributed by atoms with Gasteiger partial charge in [0.1, 0.15) is 4.90 Å². The maximum absolute atomic E-state index is 12.5. The number of nitrogens with zero attached hydrogens (tertiary/aromatic N) is 2. The Bertz CT molecular complexity index is 524. The maximum atomic E-state index is 12.5. The molecule has 2 rings (SSSR count). The predicted octanol–water partition coefficient (Wildman–Crippen LogP) is 2.63. The van der Waals surface area contributed by atoms with Crippen LogP contribution in [0.15, 0.2) is 27.8 Å². The van der Waals surface area contributed by atoms with Crippen molar-refractivity contribution in [2.75, 3.05) is 12.4 Å². The van der Waals surface area contributed by atoms with E-state index in [0.717, 1.165) is 19.3 Å². The molecule has 7 heteroatoms. The van der Waals surface area contributed by atoms with Crippen LogP contribution in [0.2, 0.25) is 0 Å². The summed E-state index contributed by atoms with van der Waals surface area (Å²) in [6, 6.07) is 1.46. The quantitative estimate of drug-likeness (QED) is 0.785. The summed E-state index contributed by atoms with van der Waals surface area (Å²) in [6.45, 7) is 0.534. The average molecular weight is 354 g/mol. The first kappa shape index (κ1) is 14.2. The van der Waals surface area contributed by atoms with Gasteiger partial charge >= 0.3 is 0 Å². The van der Waals surface area contributed by atoms with Crippen molar-refractivity contribution in [1.82, 2.24) is 9.29 Å². The van der Waals surface area contributed by atoms with E-state index in [9.17, 15) is 8.42 Å². The molecule has 18 heavy (non-hydrogen) atoms. The lowest BCUT2D eigenvalue weighted by Gasteiger charge is -2.33. The minimum Gasteiger partial charge on any atom is -0.262 e. The summed E-state index contributed by atoms with van der Waals surface area (Å²) in [5, 5.41) is 0. The van der Waals surface area contributed by atoms with Crippen LogP contribution in [0.25, 0.3) is 0 Å². The smallest absolute Gasteiger partial charge is 0.244 e. The maximum Gasteiger partial charge on any atom is 0.244 e. The highest BCUT2D eigenvalue weighted by Crippen LogP contribution is 2.26. The highest BCUT2D eigenvalue weighted by atomic mass is 79.9. The molecule has 0 bridgehead atoms. The van der Waals surface area contributed by atoms with Crippen molar-refractivity contribution in [2.24, 2.45) is 0 Å². The number of sulfonamides is 1. The normalized spacial score (nSPS) is 22.0. The summed E-state index contributed by atoms with van der Waals surface area (Å²) in [5.74, 6) is 0.334. The highest BCUT2D eigenvalue weighted by Gasteiger charge is 2.33. The first-order valence-electron chi connectivity index (χ1n) is 5.74. The largest absolute Gasteiger partial charge is 0.262 e. The van der Waals surface area contributed by atoms with E-state index in [1.807, 2.05) is 0 Å². The monoisotopic (exact) mass is 352 g/mol. The summed E-state index contributed by atoms with van der Waals surface area (Å²) < 4.78 is 27.2. The Hall–Kier alpha value is -0.170. The zero-order valence-electron chi connectivity index (χ0n) is 9.72. The van der Waals surface area contributed by atoms with Crippen molar-refractivity contribution < 1.29 is 8.42 Å². The molecule has 1 saturated heterocycles. The summed E-state index contributed by atoms with van der Waals surface area (Å²) in [7, 11) is -3.49. The Morgan fingerprint density at radius 3 is 2.89 bits per heavy atom. The Balaban J connectivity index is 2.35. The Morgan fingerprint density at radius 1 is 1.44 bits per heavy atom. The summed E-state index contributed by atoms with van der Waals surface area (Å²) >= 11 is 9.11. The first-order chi connectivity index (χ1) is 8.55. The van der Waals surface area contributed by atoms with Crippen LogP contribution >= 0.6 is 27.5 Å². The van der Waals surface area contributed by atoms with Crippen molar-refractivity contribution in [2.45, 2.75) is 30.2 Å². The molecule has 1 aromatic heterocycles. The first-order valence-corrected chi connectivity index (χ1v) is 8.51. The molecule has 0 radical (unpaired) electrons. The molecule has 4 nitrogen and oxygen atoms in total. The molecule has 0 N–H and O–H groups in total. The molecule has 0 aromatic carbocycles. The van der Waals surface area contributed by atoms with Gasteiger partial charge in [-0.15, -0.1) is 11.6 Å². The van der Waals surface area contributed by atoms with Crippen molar-refractivity contribution in [3.63, 3.8) is 0 Å². The molecule has 1 atom stereocenters. The second-order valence-electron chi connectivity index (χ2n) is 4.26. The molecule has 1 fully saturated rings. The fraction of sp³-hybridized carbons (Fsp3) is 0.545. The molecule has 1 aliphatic rings. The number of hydrogen-bond acceptors (Lipinski definition) is 3. The van der Waals surface area contributed by atoms with Crippen LogP contribution in [-0.4, -0.2) is 36.2 Å². The topological polar surface area (TPSA) is 50.3 Å². The molecule has 0 aliphatic carbocycles. The van der Waals surface area contributed by atoms with Crippen molar-refractivity contribution in [3.05, 3.63) is 22.9 Å². The van der Waals surface area contributed by atoms with Gasteiger partial charge in [0, 0.05) is 35.3 Å². The van der Waals surface area contributed by atoms with Crippen molar-refractivity contribution in [3.8, 4) is 0 Å². The van der Waals surface area contributed by atoms with Crippen molar-refractivity contribution >= 4 is 37.6 Å². The number of piperidine rings is 1. The van der Waals surface area contributed by atoms with Gasteiger partial charge in [0.2, 0.25) is 10.0 Å². The summed E-state index contributed by atoms with van der Waals surface area (Å²) in [6.07, 6.45) is 5.67. The lowest BCUT2D eigenvalue weighted by molar-refractivity contribution is 0.271. The lowest BCUT2D eigenvalue weighted by atomic mass is 10.1. The van der Waals surface area contributed by atoms with Gasteiger partial charge < -0.3 is 0 Å². The molecule has 1 unspecified atom stereocenters. The number of rotatable bonds is 3. The average Bonchev–Trinajstić information content (AvgIpc) is 2.38. The molecule has 2 heterocycles. The van der Waals surface area contributed by atoms with E-state index in [1.54, 1.807) is 12.3 Å². The molecule has 0 amide bonds. The lowest BCUT2D eigenvalue weighted by Crippen LogP contribution is -2.44. The fourth-order valence-corrected chi connectivity index (χ4v) is 4.72. The van der Waals surface area contributed by atoms with Crippen LogP contribution in [0.5, 0.6) is 0 Å². The number of halogens is 2. The van der Waals surface area contributed by atoms with E-state index < -0.39 is 10.0 Å². The number of hydrogen-bond donors (Lipinski definition) is 0. The Kier molecular flexibility index (Phi) is 4.64. The SMILES string of the molecule is O=S(=O)(c1cncc(Br)c1)N1CCCCC1CCl. The molecule has 100 valence electrons. The predicted molar refractivity (Wildman–Crippen MR) is 74.2 cm³/mol. The fourth-order valence-electron chi connectivity index (χ4n) is 2.11. The van der Waals surface area contributed by atoms with E-state index in [1.165, 1.54) is 10.5 Å². The second-order valence-corrected chi connectivity index (χ2v) is 7.37. The van der Waals surface area contributed by atoms with Gasteiger partial charge in [0.25, 0.3) is 0 Å². The molecule has 0 saturated carbocycles. The Morgan fingerprint density at radius 2 is 2.22 bits per heavy atom. The number of aromatic nitrogens is 1. The van der Waals surface area contributed by atoms with Crippen LogP contribution in [0, 0.1) is 0 Å². The van der Waals surface area contributed by atoms with Gasteiger partial charge in [-0.1, -0.05) is 6.42 Å². The van der Waals surface area contributed by atoms with Crippen LogP contribution < -0.4 is 0 Å². The van der Waals surface area contributed by atoms with Crippen LogP contribution in [0.4, 0.5) is 0 Å². The van der Waals surface area contributed by atoms with E-state index in [2.05, 4.69) is 20.9 Å². The second kappa shape index (κ2) is 5.86. The minimum absolute atomic E-state index is 0.107. The van der Waals surface area contributed by atoms with Crippen molar-refractivity contribution in [1.29, 1.82) is 0 Å². The van der Waals surface area contributed by atoms with Crippen LogP contribution in [-0.2, 0) is 10.0 Å². The van der Waals surface area contributed by atoms with E-state index in [-0.39, 0.29) is 10.9 Å². The highest BCUT2D eigenvalue weighted by molar-refractivity contribution is 9.10. The third-order valence-corrected chi connectivity index (χ3v) is 5.74. The molecular weight excluding hydrogens is 340 g/mol. The zero-order valence-corrected chi connectivity index (χ0v) is 12.9. The molecule has 1 aliphatic heterocycles. The van der Waals surface area contributed by atoms with E-state index in [4.69, 9.17) is 11.6 Å². The summed E-state index contributed by atoms with van der Waals surface area (Å²) in [4.78, 5) is 4.13. The third-order valence-electron chi connectivity index (χ3n) is 3.04. The zero-order chi connectivity index (χ0) is 13.2.